The summed E-state index contributed by atoms with van der Waals surface area (Å²) in [5.41, 5.74) is 1.40. The molecular formula is C14H15N5O. The molecule has 6 heteroatoms. The van der Waals surface area contributed by atoms with E-state index in [4.69, 9.17) is 0 Å². The average Bonchev–Trinajstić information content (AvgIpc) is 2.56. The van der Waals surface area contributed by atoms with Crippen molar-refractivity contribution in [3.63, 3.8) is 0 Å². The minimum absolute atomic E-state index is 0.0585. The van der Waals surface area contributed by atoms with Crippen LogP contribution in [0, 0.1) is 0 Å². The van der Waals surface area contributed by atoms with Gasteiger partial charge >= 0.3 is 0 Å². The van der Waals surface area contributed by atoms with Crippen LogP contribution in [0.3, 0.4) is 0 Å². The van der Waals surface area contributed by atoms with Crippen LogP contribution in [-0.4, -0.2) is 43.8 Å². The van der Waals surface area contributed by atoms with Crippen LogP contribution in [0.1, 0.15) is 34.9 Å². The Bertz CT molecular complexity index is 575. The van der Waals surface area contributed by atoms with Gasteiger partial charge in [0.05, 0.1) is 6.20 Å². The van der Waals surface area contributed by atoms with Crippen molar-refractivity contribution in [1.82, 2.24) is 24.8 Å². The first-order valence-corrected chi connectivity index (χ1v) is 6.66. The molecule has 0 N–H and O–H groups in total. The topological polar surface area (TPSA) is 71.9 Å². The van der Waals surface area contributed by atoms with Crippen molar-refractivity contribution in [3.05, 3.63) is 48.6 Å². The molecular weight excluding hydrogens is 254 g/mol. The summed E-state index contributed by atoms with van der Waals surface area (Å²) in [7, 11) is 0. The highest BCUT2D eigenvalue weighted by Crippen LogP contribution is 2.25. The zero-order valence-electron chi connectivity index (χ0n) is 11.0. The quantitative estimate of drug-likeness (QED) is 0.821. The molecule has 0 bridgehead atoms. The summed E-state index contributed by atoms with van der Waals surface area (Å²) in [6.45, 7) is 1.43. The number of nitrogens with zero attached hydrogens (tertiary/aromatic N) is 5. The summed E-state index contributed by atoms with van der Waals surface area (Å²) < 4.78 is 0. The highest BCUT2D eigenvalue weighted by Gasteiger charge is 2.26. The first-order valence-electron chi connectivity index (χ1n) is 6.66. The highest BCUT2D eigenvalue weighted by atomic mass is 16.2. The lowest BCUT2D eigenvalue weighted by Gasteiger charge is -2.32. The first kappa shape index (κ1) is 12.7. The fraction of sp³-hybridized carbons (Fsp3) is 0.357. The highest BCUT2D eigenvalue weighted by molar-refractivity contribution is 5.92. The maximum Gasteiger partial charge on any atom is 0.274 e. The average molecular weight is 269 g/mol. The molecule has 1 saturated heterocycles. The predicted molar refractivity (Wildman–Crippen MR) is 71.9 cm³/mol. The number of hydrogen-bond donors (Lipinski definition) is 0. The molecule has 102 valence electrons. The Labute approximate surface area is 116 Å². The molecule has 1 atom stereocenters. The van der Waals surface area contributed by atoms with Gasteiger partial charge in [0.15, 0.2) is 0 Å². The van der Waals surface area contributed by atoms with Gasteiger partial charge in [-0.05, 0) is 18.9 Å². The van der Waals surface area contributed by atoms with E-state index in [2.05, 4.69) is 19.9 Å². The fourth-order valence-electron chi connectivity index (χ4n) is 2.52. The number of piperidine rings is 1. The number of amides is 1. The summed E-state index contributed by atoms with van der Waals surface area (Å²) in [6, 6.07) is 1.92. The summed E-state index contributed by atoms with van der Waals surface area (Å²) in [4.78, 5) is 30.4. The van der Waals surface area contributed by atoms with Crippen LogP contribution in [-0.2, 0) is 0 Å². The maximum absolute atomic E-state index is 12.4. The number of aromatic nitrogens is 4. The van der Waals surface area contributed by atoms with Gasteiger partial charge in [0.25, 0.3) is 5.91 Å². The zero-order valence-corrected chi connectivity index (χ0v) is 11.0. The largest absolute Gasteiger partial charge is 0.337 e. The van der Waals surface area contributed by atoms with Crippen molar-refractivity contribution in [1.29, 1.82) is 0 Å². The summed E-state index contributed by atoms with van der Waals surface area (Å²) >= 11 is 0. The number of carbonyl (C=O) groups excluding carboxylic acids is 1. The van der Waals surface area contributed by atoms with E-state index in [1.54, 1.807) is 24.9 Å². The van der Waals surface area contributed by atoms with Gasteiger partial charge in [-0.1, -0.05) is 0 Å². The molecule has 2 aromatic rings. The Morgan fingerprint density at radius 2 is 2.15 bits per heavy atom. The van der Waals surface area contributed by atoms with E-state index in [1.165, 1.54) is 6.20 Å². The van der Waals surface area contributed by atoms with Crippen molar-refractivity contribution < 1.29 is 4.79 Å². The van der Waals surface area contributed by atoms with Crippen molar-refractivity contribution in [2.45, 2.75) is 18.8 Å². The summed E-state index contributed by atoms with van der Waals surface area (Å²) in [5, 5.41) is 0. The molecule has 0 aromatic carbocycles. The van der Waals surface area contributed by atoms with Crippen LogP contribution in [0.15, 0.2) is 37.2 Å². The normalized spacial score (nSPS) is 18.8. The molecule has 0 spiro atoms. The first-order chi connectivity index (χ1) is 9.84. The van der Waals surface area contributed by atoms with Gasteiger partial charge in [-0.2, -0.15) is 0 Å². The van der Waals surface area contributed by atoms with E-state index in [1.807, 2.05) is 11.0 Å². The van der Waals surface area contributed by atoms with Crippen LogP contribution < -0.4 is 0 Å². The van der Waals surface area contributed by atoms with E-state index in [0.29, 0.717) is 12.2 Å². The molecule has 1 amide bonds. The Morgan fingerprint density at radius 3 is 2.90 bits per heavy atom. The van der Waals surface area contributed by atoms with Gasteiger partial charge in [-0.25, -0.2) is 15.0 Å². The molecule has 6 nitrogen and oxygen atoms in total. The minimum Gasteiger partial charge on any atom is -0.337 e. The molecule has 20 heavy (non-hydrogen) atoms. The van der Waals surface area contributed by atoms with Crippen LogP contribution in [0.5, 0.6) is 0 Å². The van der Waals surface area contributed by atoms with Gasteiger partial charge in [0, 0.05) is 43.3 Å². The van der Waals surface area contributed by atoms with Gasteiger partial charge in [0.1, 0.15) is 12.0 Å². The standard InChI is InChI=1S/C14H15N5O/c20-14(13-8-15-5-6-17-13)19-7-1-2-11(9-19)12-3-4-16-10-18-12/h3-6,8,10-11H,1-2,7,9H2. The van der Waals surface area contributed by atoms with Crippen molar-refractivity contribution in [2.24, 2.45) is 0 Å². The second-order valence-corrected chi connectivity index (χ2v) is 4.82. The van der Waals surface area contributed by atoms with E-state index < -0.39 is 0 Å². The molecule has 1 aliphatic heterocycles. The molecule has 0 radical (unpaired) electrons. The summed E-state index contributed by atoms with van der Waals surface area (Å²) in [6.07, 6.45) is 9.93. The molecule has 1 aliphatic rings. The van der Waals surface area contributed by atoms with Crippen LogP contribution in [0.2, 0.25) is 0 Å². The second kappa shape index (κ2) is 5.73. The van der Waals surface area contributed by atoms with Crippen molar-refractivity contribution >= 4 is 5.91 Å². The third-order valence-electron chi connectivity index (χ3n) is 3.51. The Hall–Kier alpha value is -2.37. The fourth-order valence-corrected chi connectivity index (χ4v) is 2.52. The lowest BCUT2D eigenvalue weighted by atomic mass is 9.94. The van der Waals surface area contributed by atoms with Crippen molar-refractivity contribution in [3.8, 4) is 0 Å². The van der Waals surface area contributed by atoms with Crippen LogP contribution in [0.4, 0.5) is 0 Å². The molecule has 0 aliphatic carbocycles. The van der Waals surface area contributed by atoms with Gasteiger partial charge in [-0.3, -0.25) is 9.78 Å². The number of likely N-dealkylation sites (tertiary alicyclic amines) is 1. The molecule has 0 saturated carbocycles. The molecule has 3 heterocycles. The number of rotatable bonds is 2. The smallest absolute Gasteiger partial charge is 0.274 e. The van der Waals surface area contributed by atoms with Gasteiger partial charge in [0.2, 0.25) is 0 Å². The van der Waals surface area contributed by atoms with Gasteiger partial charge in [-0.15, -0.1) is 0 Å². The van der Waals surface area contributed by atoms with E-state index in [9.17, 15) is 4.79 Å². The third kappa shape index (κ3) is 2.64. The lowest BCUT2D eigenvalue weighted by molar-refractivity contribution is 0.0699. The van der Waals surface area contributed by atoms with E-state index >= 15 is 0 Å². The van der Waals surface area contributed by atoms with E-state index in [0.717, 1.165) is 25.1 Å². The minimum atomic E-state index is -0.0585. The van der Waals surface area contributed by atoms with Crippen LogP contribution in [0.25, 0.3) is 0 Å². The Morgan fingerprint density at radius 1 is 1.20 bits per heavy atom. The molecule has 2 aromatic heterocycles. The van der Waals surface area contributed by atoms with Gasteiger partial charge < -0.3 is 4.90 Å². The monoisotopic (exact) mass is 269 g/mol. The Balaban J connectivity index is 1.74. The maximum atomic E-state index is 12.4. The number of carbonyl (C=O) groups is 1. The third-order valence-corrected chi connectivity index (χ3v) is 3.51. The molecule has 1 fully saturated rings. The Kier molecular flexibility index (Phi) is 3.62. The molecule has 3 rings (SSSR count). The molecule has 1 unspecified atom stereocenters. The van der Waals surface area contributed by atoms with Crippen molar-refractivity contribution in [2.75, 3.05) is 13.1 Å². The van der Waals surface area contributed by atoms with E-state index in [-0.39, 0.29) is 11.8 Å². The van der Waals surface area contributed by atoms with Crippen LogP contribution >= 0.6 is 0 Å². The second-order valence-electron chi connectivity index (χ2n) is 4.82. The zero-order chi connectivity index (χ0) is 13.8. The predicted octanol–water partition coefficient (Wildman–Crippen LogP) is 1.29. The lowest BCUT2D eigenvalue weighted by Crippen LogP contribution is -2.39. The summed E-state index contributed by atoms with van der Waals surface area (Å²) in [5.74, 6) is 0.212. The SMILES string of the molecule is O=C(c1cnccn1)N1CCCC(c2ccncn2)C1. The number of hydrogen-bond acceptors (Lipinski definition) is 5.